The summed E-state index contributed by atoms with van der Waals surface area (Å²) in [6.07, 6.45) is 1.63. The first kappa shape index (κ1) is 11.2. The van der Waals surface area contributed by atoms with Crippen LogP contribution in [0.25, 0.3) is 0 Å². The Hall–Kier alpha value is -2.29. The fourth-order valence-corrected chi connectivity index (χ4v) is 1.55. The number of para-hydroxylation sites is 1. The van der Waals surface area contributed by atoms with Crippen LogP contribution in [0, 0.1) is 0 Å². The van der Waals surface area contributed by atoms with Crippen LogP contribution in [-0.2, 0) is 6.61 Å². The van der Waals surface area contributed by atoms with E-state index in [2.05, 4.69) is 5.10 Å². The van der Waals surface area contributed by atoms with Crippen molar-refractivity contribution >= 4 is 6.21 Å². The highest BCUT2D eigenvalue weighted by atomic mass is 16.5. The van der Waals surface area contributed by atoms with Gasteiger partial charge < -0.3 is 10.6 Å². The first-order valence-corrected chi connectivity index (χ1v) is 5.39. The molecule has 0 unspecified atom stereocenters. The topological polar surface area (TPSA) is 47.6 Å². The summed E-state index contributed by atoms with van der Waals surface area (Å²) in [5, 5.41) is 3.54. The van der Waals surface area contributed by atoms with Crippen molar-refractivity contribution in [1.29, 1.82) is 0 Å². The van der Waals surface area contributed by atoms with Crippen molar-refractivity contribution in [2.24, 2.45) is 10.9 Å². The molecule has 0 bridgehead atoms. The third-order valence-electron chi connectivity index (χ3n) is 2.41. The van der Waals surface area contributed by atoms with E-state index in [0.29, 0.717) is 6.61 Å². The van der Waals surface area contributed by atoms with Crippen LogP contribution in [-0.4, -0.2) is 6.21 Å². The van der Waals surface area contributed by atoms with Gasteiger partial charge in [-0.15, -0.1) is 0 Å². The predicted octanol–water partition coefficient (Wildman–Crippen LogP) is 2.56. The van der Waals surface area contributed by atoms with Crippen molar-refractivity contribution in [1.82, 2.24) is 0 Å². The number of hydrogen-bond acceptors (Lipinski definition) is 3. The molecule has 3 nitrogen and oxygen atoms in total. The number of hydrogen-bond donors (Lipinski definition) is 1. The average Bonchev–Trinajstić information content (AvgIpc) is 2.39. The van der Waals surface area contributed by atoms with E-state index in [1.807, 2.05) is 54.6 Å². The molecular formula is C14H14N2O. The Morgan fingerprint density at radius 1 is 1.00 bits per heavy atom. The summed E-state index contributed by atoms with van der Waals surface area (Å²) >= 11 is 0. The molecule has 0 spiro atoms. The second kappa shape index (κ2) is 5.70. The number of nitrogens with two attached hydrogens (primary N) is 1. The quantitative estimate of drug-likeness (QED) is 0.495. The van der Waals surface area contributed by atoms with E-state index < -0.39 is 0 Å². The second-order valence-electron chi connectivity index (χ2n) is 3.58. The lowest BCUT2D eigenvalue weighted by atomic mass is 10.1. The highest BCUT2D eigenvalue weighted by molar-refractivity contribution is 5.81. The lowest BCUT2D eigenvalue weighted by molar-refractivity contribution is 0.306. The summed E-state index contributed by atoms with van der Waals surface area (Å²) in [6, 6.07) is 17.6. The Kier molecular flexibility index (Phi) is 3.76. The molecule has 17 heavy (non-hydrogen) atoms. The molecule has 0 radical (unpaired) electrons. The average molecular weight is 226 g/mol. The zero-order valence-electron chi connectivity index (χ0n) is 9.41. The van der Waals surface area contributed by atoms with Gasteiger partial charge in [0, 0.05) is 5.56 Å². The number of nitrogens with zero attached hydrogens (tertiary/aromatic N) is 1. The molecular weight excluding hydrogens is 212 g/mol. The van der Waals surface area contributed by atoms with Gasteiger partial charge in [-0.2, -0.15) is 5.10 Å². The normalized spacial score (nSPS) is 10.6. The molecule has 0 saturated heterocycles. The Morgan fingerprint density at radius 3 is 2.47 bits per heavy atom. The summed E-state index contributed by atoms with van der Waals surface area (Å²) in [7, 11) is 0. The molecule has 0 saturated carbocycles. The van der Waals surface area contributed by atoms with E-state index in [9.17, 15) is 0 Å². The lowest BCUT2D eigenvalue weighted by Gasteiger charge is -2.08. The molecule has 86 valence electrons. The van der Waals surface area contributed by atoms with Crippen molar-refractivity contribution < 1.29 is 4.74 Å². The Labute approximate surface area is 101 Å². The smallest absolute Gasteiger partial charge is 0.119 e. The maximum absolute atomic E-state index is 5.68. The van der Waals surface area contributed by atoms with E-state index in [0.717, 1.165) is 16.9 Å². The molecule has 0 fully saturated rings. The van der Waals surface area contributed by atoms with Gasteiger partial charge in [-0.05, 0) is 17.7 Å². The molecule has 2 aromatic carbocycles. The van der Waals surface area contributed by atoms with E-state index in [1.165, 1.54) is 0 Å². The minimum atomic E-state index is 0.506. The Balaban J connectivity index is 2.09. The van der Waals surface area contributed by atoms with Crippen LogP contribution < -0.4 is 10.6 Å². The van der Waals surface area contributed by atoms with Gasteiger partial charge in [0.1, 0.15) is 12.4 Å². The fourth-order valence-electron chi connectivity index (χ4n) is 1.55. The largest absolute Gasteiger partial charge is 0.489 e. The van der Waals surface area contributed by atoms with Gasteiger partial charge >= 0.3 is 0 Å². The summed E-state index contributed by atoms with van der Waals surface area (Å²) in [6.45, 7) is 0.506. The third-order valence-corrected chi connectivity index (χ3v) is 2.41. The van der Waals surface area contributed by atoms with E-state index in [-0.39, 0.29) is 0 Å². The predicted molar refractivity (Wildman–Crippen MR) is 69.0 cm³/mol. The Morgan fingerprint density at radius 2 is 1.71 bits per heavy atom. The highest BCUT2D eigenvalue weighted by Gasteiger charge is 2.00. The SMILES string of the molecule is NN=Cc1ccccc1COc1ccccc1. The van der Waals surface area contributed by atoms with Crippen molar-refractivity contribution in [3.05, 3.63) is 65.7 Å². The van der Waals surface area contributed by atoms with Gasteiger partial charge in [0.15, 0.2) is 0 Å². The monoisotopic (exact) mass is 226 g/mol. The van der Waals surface area contributed by atoms with Crippen molar-refractivity contribution in [3.63, 3.8) is 0 Å². The van der Waals surface area contributed by atoms with E-state index in [4.69, 9.17) is 10.6 Å². The summed E-state index contributed by atoms with van der Waals surface area (Å²) < 4.78 is 5.68. The van der Waals surface area contributed by atoms with Crippen LogP contribution in [0.2, 0.25) is 0 Å². The number of rotatable bonds is 4. The van der Waals surface area contributed by atoms with Gasteiger partial charge in [0.25, 0.3) is 0 Å². The van der Waals surface area contributed by atoms with Crippen LogP contribution in [0.3, 0.4) is 0 Å². The first-order valence-electron chi connectivity index (χ1n) is 5.39. The Bertz CT molecular complexity index is 495. The van der Waals surface area contributed by atoms with Crippen LogP contribution in [0.15, 0.2) is 59.7 Å². The summed E-state index contributed by atoms with van der Waals surface area (Å²) in [5.74, 6) is 6.02. The molecule has 0 aliphatic rings. The zero-order valence-corrected chi connectivity index (χ0v) is 9.41. The van der Waals surface area contributed by atoms with Gasteiger partial charge in [0.2, 0.25) is 0 Å². The van der Waals surface area contributed by atoms with Crippen molar-refractivity contribution in [2.75, 3.05) is 0 Å². The maximum atomic E-state index is 5.68. The molecule has 0 atom stereocenters. The molecule has 0 heterocycles. The number of hydrazone groups is 1. The van der Waals surface area contributed by atoms with Crippen LogP contribution >= 0.6 is 0 Å². The number of ether oxygens (including phenoxy) is 1. The molecule has 0 aliphatic carbocycles. The third kappa shape index (κ3) is 3.08. The molecule has 0 aromatic heterocycles. The lowest BCUT2D eigenvalue weighted by Crippen LogP contribution is -2.00. The number of benzene rings is 2. The fraction of sp³-hybridized carbons (Fsp3) is 0.0714. The summed E-state index contributed by atoms with van der Waals surface area (Å²) in [4.78, 5) is 0. The van der Waals surface area contributed by atoms with Crippen molar-refractivity contribution in [3.8, 4) is 5.75 Å². The van der Waals surface area contributed by atoms with Crippen LogP contribution in [0.5, 0.6) is 5.75 Å². The van der Waals surface area contributed by atoms with Crippen molar-refractivity contribution in [2.45, 2.75) is 6.61 Å². The van der Waals surface area contributed by atoms with Crippen LogP contribution in [0.1, 0.15) is 11.1 Å². The van der Waals surface area contributed by atoms with Gasteiger partial charge in [-0.1, -0.05) is 42.5 Å². The first-order chi connectivity index (χ1) is 8.40. The minimum Gasteiger partial charge on any atom is -0.489 e. The highest BCUT2D eigenvalue weighted by Crippen LogP contribution is 2.13. The molecule has 2 aromatic rings. The minimum absolute atomic E-state index is 0.506. The van der Waals surface area contributed by atoms with E-state index >= 15 is 0 Å². The summed E-state index contributed by atoms with van der Waals surface area (Å²) in [5.41, 5.74) is 2.04. The molecule has 0 aliphatic heterocycles. The van der Waals surface area contributed by atoms with Gasteiger partial charge in [-0.25, -0.2) is 0 Å². The van der Waals surface area contributed by atoms with Crippen LogP contribution in [0.4, 0.5) is 0 Å². The zero-order chi connectivity index (χ0) is 11.9. The van der Waals surface area contributed by atoms with E-state index in [1.54, 1.807) is 6.21 Å². The molecule has 3 heteroatoms. The second-order valence-corrected chi connectivity index (χ2v) is 3.58. The molecule has 0 amide bonds. The molecule has 2 rings (SSSR count). The van der Waals surface area contributed by atoms with Gasteiger partial charge in [-0.3, -0.25) is 0 Å². The standard InChI is InChI=1S/C14H14N2O/c15-16-10-12-6-4-5-7-13(12)11-17-14-8-2-1-3-9-14/h1-10H,11,15H2. The maximum Gasteiger partial charge on any atom is 0.119 e. The van der Waals surface area contributed by atoms with Gasteiger partial charge in [0.05, 0.1) is 6.21 Å². The molecule has 2 N–H and O–H groups in total.